The lowest BCUT2D eigenvalue weighted by Crippen LogP contribution is -2.42. The molecule has 30 heavy (non-hydrogen) atoms. The van der Waals surface area contributed by atoms with Gasteiger partial charge < -0.3 is 14.7 Å². The monoisotopic (exact) mass is 445 g/mol. The van der Waals surface area contributed by atoms with Gasteiger partial charge in [0.25, 0.3) is 0 Å². The number of fused-ring (bicyclic) bond motifs is 1. The highest BCUT2D eigenvalue weighted by Crippen LogP contribution is 2.43. The van der Waals surface area contributed by atoms with Gasteiger partial charge in [0.2, 0.25) is 0 Å². The van der Waals surface area contributed by atoms with Crippen molar-refractivity contribution in [1.29, 1.82) is 0 Å². The minimum atomic E-state index is -0.641. The summed E-state index contributed by atoms with van der Waals surface area (Å²) in [6, 6.07) is 5.85. The minimum Gasteiger partial charge on any atom is -0.495 e. The Kier molecular flexibility index (Phi) is 5.56. The van der Waals surface area contributed by atoms with E-state index in [9.17, 15) is 5.11 Å². The van der Waals surface area contributed by atoms with Crippen LogP contribution in [0.15, 0.2) is 24.4 Å². The van der Waals surface area contributed by atoms with Crippen LogP contribution in [0.1, 0.15) is 31.0 Å². The van der Waals surface area contributed by atoms with Crippen LogP contribution in [-0.2, 0) is 0 Å². The number of aliphatic hydroxyl groups is 1. The molecule has 7 heteroatoms. The van der Waals surface area contributed by atoms with Crippen molar-refractivity contribution < 1.29 is 9.84 Å². The van der Waals surface area contributed by atoms with Crippen LogP contribution in [0.4, 0.5) is 5.82 Å². The fourth-order valence-electron chi connectivity index (χ4n) is 3.92. The Morgan fingerprint density at radius 1 is 1.10 bits per heavy atom. The van der Waals surface area contributed by atoms with Gasteiger partial charge in [-0.05, 0) is 57.4 Å². The fourth-order valence-corrected chi connectivity index (χ4v) is 4.53. The summed E-state index contributed by atoms with van der Waals surface area (Å²) < 4.78 is 5.45. The highest BCUT2D eigenvalue weighted by molar-refractivity contribution is 6.40. The van der Waals surface area contributed by atoms with Crippen molar-refractivity contribution >= 4 is 39.8 Å². The SMILES string of the molecule is COc1cc(C)c(Cl)c(-c2cc3cnc(C)cc3c(N3CCC(C)(O)CC3)n2)c1Cl. The first-order valence-corrected chi connectivity index (χ1v) is 10.7. The Bertz CT molecular complexity index is 1120. The van der Waals surface area contributed by atoms with E-state index >= 15 is 0 Å². The van der Waals surface area contributed by atoms with Gasteiger partial charge in [-0.15, -0.1) is 0 Å². The summed E-state index contributed by atoms with van der Waals surface area (Å²) in [5.74, 6) is 1.42. The molecule has 1 N–H and O–H groups in total. The Morgan fingerprint density at radius 2 is 1.80 bits per heavy atom. The molecular weight excluding hydrogens is 421 g/mol. The van der Waals surface area contributed by atoms with E-state index in [2.05, 4.69) is 9.88 Å². The zero-order valence-corrected chi connectivity index (χ0v) is 19.1. The number of benzene rings is 1. The zero-order chi connectivity index (χ0) is 21.6. The number of methoxy groups -OCH3 is 1. The molecule has 0 amide bonds. The van der Waals surface area contributed by atoms with Gasteiger partial charge >= 0.3 is 0 Å². The van der Waals surface area contributed by atoms with Crippen LogP contribution in [0.25, 0.3) is 22.0 Å². The molecule has 1 fully saturated rings. The first kappa shape index (κ1) is 21.2. The van der Waals surface area contributed by atoms with Crippen molar-refractivity contribution in [1.82, 2.24) is 9.97 Å². The molecule has 0 aliphatic carbocycles. The van der Waals surface area contributed by atoms with E-state index in [1.807, 2.05) is 45.2 Å². The number of hydrogen-bond acceptors (Lipinski definition) is 5. The molecule has 0 saturated carbocycles. The molecule has 0 unspecified atom stereocenters. The number of hydrogen-bond donors (Lipinski definition) is 1. The van der Waals surface area contributed by atoms with E-state index in [0.29, 0.717) is 39.9 Å². The number of halogens is 2. The summed E-state index contributed by atoms with van der Waals surface area (Å²) in [7, 11) is 1.59. The summed E-state index contributed by atoms with van der Waals surface area (Å²) in [4.78, 5) is 11.7. The van der Waals surface area contributed by atoms with Gasteiger partial charge in [0, 0.05) is 41.3 Å². The molecule has 1 aliphatic heterocycles. The molecular formula is C23H25Cl2N3O2. The average molecular weight is 446 g/mol. The van der Waals surface area contributed by atoms with Crippen LogP contribution in [0.5, 0.6) is 5.75 Å². The van der Waals surface area contributed by atoms with Crippen molar-refractivity contribution in [2.75, 3.05) is 25.1 Å². The summed E-state index contributed by atoms with van der Waals surface area (Å²) in [5.41, 5.74) is 2.49. The van der Waals surface area contributed by atoms with Crippen molar-refractivity contribution in [3.05, 3.63) is 45.7 Å². The maximum absolute atomic E-state index is 10.4. The van der Waals surface area contributed by atoms with Gasteiger partial charge in [0.05, 0.1) is 28.5 Å². The number of ether oxygens (including phenoxy) is 1. The molecule has 5 nitrogen and oxygen atoms in total. The molecule has 3 heterocycles. The molecule has 0 spiro atoms. The van der Waals surface area contributed by atoms with Gasteiger partial charge in [-0.3, -0.25) is 4.98 Å². The van der Waals surface area contributed by atoms with E-state index < -0.39 is 5.60 Å². The lowest BCUT2D eigenvalue weighted by molar-refractivity contribution is 0.0350. The van der Waals surface area contributed by atoms with E-state index in [-0.39, 0.29) is 0 Å². The Balaban J connectivity index is 1.94. The average Bonchev–Trinajstić information content (AvgIpc) is 2.70. The van der Waals surface area contributed by atoms with Gasteiger partial charge in [0.1, 0.15) is 11.6 Å². The molecule has 0 bridgehead atoms. The highest BCUT2D eigenvalue weighted by Gasteiger charge is 2.29. The number of nitrogens with zero attached hydrogens (tertiary/aromatic N) is 3. The third-order valence-electron chi connectivity index (χ3n) is 5.80. The zero-order valence-electron chi connectivity index (χ0n) is 17.6. The maximum Gasteiger partial charge on any atom is 0.138 e. The van der Waals surface area contributed by atoms with Gasteiger partial charge in [-0.1, -0.05) is 23.2 Å². The van der Waals surface area contributed by atoms with E-state index in [1.165, 1.54) is 0 Å². The lowest BCUT2D eigenvalue weighted by Gasteiger charge is -2.37. The number of aromatic nitrogens is 2. The number of aryl methyl sites for hydroxylation is 2. The molecule has 0 atom stereocenters. The summed E-state index contributed by atoms with van der Waals surface area (Å²) >= 11 is 13.3. The Morgan fingerprint density at radius 3 is 2.47 bits per heavy atom. The number of pyridine rings is 2. The molecule has 1 aromatic carbocycles. The second kappa shape index (κ2) is 7.88. The second-order valence-electron chi connectivity index (χ2n) is 8.26. The first-order valence-electron chi connectivity index (χ1n) is 9.98. The van der Waals surface area contributed by atoms with Crippen LogP contribution in [-0.4, -0.2) is 40.9 Å². The number of rotatable bonds is 3. The summed E-state index contributed by atoms with van der Waals surface area (Å²) in [5, 5.41) is 13.4. The third kappa shape index (κ3) is 3.82. The van der Waals surface area contributed by atoms with Crippen LogP contribution < -0.4 is 9.64 Å². The van der Waals surface area contributed by atoms with Crippen LogP contribution in [0.2, 0.25) is 10.0 Å². The van der Waals surface area contributed by atoms with Crippen LogP contribution in [0, 0.1) is 13.8 Å². The first-order chi connectivity index (χ1) is 14.2. The maximum atomic E-state index is 10.4. The van der Waals surface area contributed by atoms with Gasteiger partial charge in [-0.2, -0.15) is 0 Å². The molecule has 4 rings (SSSR count). The minimum absolute atomic E-state index is 0.438. The van der Waals surface area contributed by atoms with Crippen LogP contribution >= 0.6 is 23.2 Å². The number of piperidine rings is 1. The predicted octanol–water partition coefficient (Wildman–Crippen LogP) is 5.58. The smallest absolute Gasteiger partial charge is 0.138 e. The second-order valence-corrected chi connectivity index (χ2v) is 9.02. The fraction of sp³-hybridized carbons (Fsp3) is 0.391. The Labute approximate surface area is 186 Å². The molecule has 3 aromatic rings. The van der Waals surface area contributed by atoms with Crippen molar-refractivity contribution in [3.8, 4) is 17.0 Å². The molecule has 1 aliphatic rings. The lowest BCUT2D eigenvalue weighted by atomic mass is 9.93. The quantitative estimate of drug-likeness (QED) is 0.569. The molecule has 158 valence electrons. The van der Waals surface area contributed by atoms with Crippen molar-refractivity contribution in [2.24, 2.45) is 0 Å². The Hall–Kier alpha value is -2.08. The normalized spacial score (nSPS) is 16.2. The molecule has 0 radical (unpaired) electrons. The van der Waals surface area contributed by atoms with E-state index in [4.69, 9.17) is 32.9 Å². The molecule has 2 aromatic heterocycles. The van der Waals surface area contributed by atoms with Gasteiger partial charge in [-0.25, -0.2) is 4.98 Å². The van der Waals surface area contributed by atoms with Crippen molar-refractivity contribution in [3.63, 3.8) is 0 Å². The third-order valence-corrected chi connectivity index (χ3v) is 6.66. The van der Waals surface area contributed by atoms with E-state index in [0.717, 1.165) is 40.9 Å². The molecule has 1 saturated heterocycles. The predicted molar refractivity (Wildman–Crippen MR) is 123 cm³/mol. The number of anilines is 1. The standard InChI is InChI=1S/C23H25Cl2N3O2/c1-13-9-18(30-4)21(25)19(20(13)24)17-11-15-12-26-14(2)10-16(15)22(27-17)28-7-5-23(3,29)6-8-28/h9-12,29H,5-8H2,1-4H3. The van der Waals surface area contributed by atoms with Crippen molar-refractivity contribution in [2.45, 2.75) is 39.2 Å². The largest absolute Gasteiger partial charge is 0.495 e. The van der Waals surface area contributed by atoms with E-state index in [1.54, 1.807) is 7.11 Å². The van der Waals surface area contributed by atoms with Crippen LogP contribution in [0.3, 0.4) is 0 Å². The summed E-state index contributed by atoms with van der Waals surface area (Å²) in [6.45, 7) is 7.22. The van der Waals surface area contributed by atoms with Gasteiger partial charge in [0.15, 0.2) is 0 Å². The summed E-state index contributed by atoms with van der Waals surface area (Å²) in [6.07, 6.45) is 3.22. The highest BCUT2D eigenvalue weighted by atomic mass is 35.5. The topological polar surface area (TPSA) is 58.5 Å².